The topological polar surface area (TPSA) is 69.0 Å². The summed E-state index contributed by atoms with van der Waals surface area (Å²) in [5.41, 5.74) is 5.42. The van der Waals surface area contributed by atoms with Gasteiger partial charge < -0.3 is 9.30 Å². The number of halogens is 1. The van der Waals surface area contributed by atoms with E-state index in [-0.39, 0.29) is 12.4 Å². The van der Waals surface area contributed by atoms with Gasteiger partial charge in [0.25, 0.3) is 0 Å². The molecule has 1 N–H and O–H groups in total. The molecule has 4 aromatic rings. The average Bonchev–Trinajstić information content (AvgIpc) is 3.38. The molecule has 0 radical (unpaired) electrons. The standard InChI is InChI=1S/C25H25FN4O2S/c1-3-19-24(33-23(28-19)18-9-8-17(26)12-15(18)2)29-25(31)32-14-16-7-10-21-20(13-16)27-22-6-4-5-11-30(21)22/h7-10,12-13H,3-6,11,14H2,1-2H3,(H,29,31). The van der Waals surface area contributed by atoms with Crippen LogP contribution in [0.4, 0.5) is 14.2 Å². The first-order chi connectivity index (χ1) is 16.0. The zero-order chi connectivity index (χ0) is 22.9. The van der Waals surface area contributed by atoms with Crippen LogP contribution in [0.2, 0.25) is 0 Å². The fraction of sp³-hybridized carbons (Fsp3) is 0.320. The van der Waals surface area contributed by atoms with Crippen LogP contribution in [0.5, 0.6) is 0 Å². The van der Waals surface area contributed by atoms with Gasteiger partial charge >= 0.3 is 6.09 Å². The first-order valence-electron chi connectivity index (χ1n) is 11.2. The zero-order valence-corrected chi connectivity index (χ0v) is 19.5. The highest BCUT2D eigenvalue weighted by molar-refractivity contribution is 7.19. The van der Waals surface area contributed by atoms with E-state index in [1.54, 1.807) is 6.07 Å². The Morgan fingerprint density at radius 2 is 2.09 bits per heavy atom. The van der Waals surface area contributed by atoms with Crippen molar-refractivity contribution in [3.05, 3.63) is 64.9 Å². The Morgan fingerprint density at radius 3 is 2.91 bits per heavy atom. The number of thiazole rings is 1. The summed E-state index contributed by atoms with van der Waals surface area (Å²) in [6.07, 6.45) is 3.51. The second-order valence-corrected chi connectivity index (χ2v) is 9.27. The van der Waals surface area contributed by atoms with Crippen LogP contribution in [0, 0.1) is 12.7 Å². The third-order valence-corrected chi connectivity index (χ3v) is 7.01. The molecule has 6 nitrogen and oxygen atoms in total. The number of ether oxygens (including phenoxy) is 1. The van der Waals surface area contributed by atoms with Crippen molar-refractivity contribution < 1.29 is 13.9 Å². The van der Waals surface area contributed by atoms with E-state index in [1.165, 1.54) is 36.3 Å². The number of carbonyl (C=O) groups excluding carboxylic acids is 1. The third kappa shape index (κ3) is 4.35. The first-order valence-corrected chi connectivity index (χ1v) is 12.0. The smallest absolute Gasteiger partial charge is 0.412 e. The van der Waals surface area contributed by atoms with E-state index in [4.69, 9.17) is 9.72 Å². The van der Waals surface area contributed by atoms with E-state index in [9.17, 15) is 9.18 Å². The molecule has 0 unspecified atom stereocenters. The van der Waals surface area contributed by atoms with Crippen molar-refractivity contribution in [2.75, 3.05) is 5.32 Å². The maximum atomic E-state index is 13.5. The fourth-order valence-electron chi connectivity index (χ4n) is 4.26. The maximum Gasteiger partial charge on any atom is 0.412 e. The molecule has 33 heavy (non-hydrogen) atoms. The Kier molecular flexibility index (Phi) is 5.85. The minimum absolute atomic E-state index is 0.161. The molecule has 0 aliphatic carbocycles. The summed E-state index contributed by atoms with van der Waals surface area (Å²) >= 11 is 1.37. The molecule has 2 aromatic carbocycles. The van der Waals surface area contributed by atoms with Crippen LogP contribution in [-0.2, 0) is 30.7 Å². The molecule has 1 aliphatic heterocycles. The maximum absolute atomic E-state index is 13.5. The summed E-state index contributed by atoms with van der Waals surface area (Å²) in [5, 5.41) is 4.23. The van der Waals surface area contributed by atoms with Crippen molar-refractivity contribution in [2.45, 2.75) is 52.7 Å². The van der Waals surface area contributed by atoms with Crippen LogP contribution in [-0.4, -0.2) is 20.6 Å². The monoisotopic (exact) mass is 464 g/mol. The number of fused-ring (bicyclic) bond motifs is 3. The molecule has 0 saturated heterocycles. The van der Waals surface area contributed by atoms with Crippen molar-refractivity contribution in [3.8, 4) is 10.6 Å². The molecule has 0 spiro atoms. The Hall–Kier alpha value is -3.26. The number of carbonyl (C=O) groups is 1. The summed E-state index contributed by atoms with van der Waals surface area (Å²) in [7, 11) is 0. The molecular formula is C25H25FN4O2S. The van der Waals surface area contributed by atoms with Crippen molar-refractivity contribution in [1.82, 2.24) is 14.5 Å². The van der Waals surface area contributed by atoms with Crippen molar-refractivity contribution in [3.63, 3.8) is 0 Å². The van der Waals surface area contributed by atoms with E-state index in [2.05, 4.69) is 20.9 Å². The lowest BCUT2D eigenvalue weighted by atomic mass is 10.1. The quantitative estimate of drug-likeness (QED) is 0.379. The van der Waals surface area contributed by atoms with Gasteiger partial charge in [0.2, 0.25) is 0 Å². The van der Waals surface area contributed by atoms with E-state index >= 15 is 0 Å². The number of benzene rings is 2. The number of nitrogens with one attached hydrogen (secondary N) is 1. The van der Waals surface area contributed by atoms with Gasteiger partial charge in [-0.05, 0) is 67.6 Å². The Morgan fingerprint density at radius 1 is 1.21 bits per heavy atom. The molecule has 2 aromatic heterocycles. The van der Waals surface area contributed by atoms with Crippen LogP contribution in [0.1, 0.15) is 42.4 Å². The lowest BCUT2D eigenvalue weighted by Gasteiger charge is -2.13. The van der Waals surface area contributed by atoms with Gasteiger partial charge in [0, 0.05) is 18.5 Å². The normalized spacial score (nSPS) is 13.2. The van der Waals surface area contributed by atoms with Gasteiger partial charge in [-0.25, -0.2) is 19.2 Å². The van der Waals surface area contributed by atoms with Gasteiger partial charge in [0.1, 0.15) is 28.3 Å². The Labute approximate surface area is 195 Å². The summed E-state index contributed by atoms with van der Waals surface area (Å²) in [6.45, 7) is 5.00. The molecule has 8 heteroatoms. The number of nitrogens with zero attached hydrogens (tertiary/aromatic N) is 3. The molecule has 0 fully saturated rings. The highest BCUT2D eigenvalue weighted by Gasteiger charge is 2.17. The molecule has 0 bridgehead atoms. The molecular weight excluding hydrogens is 439 g/mol. The number of hydrogen-bond donors (Lipinski definition) is 1. The SMILES string of the molecule is CCc1nc(-c2ccc(F)cc2C)sc1NC(=O)OCc1ccc2c(c1)nc1n2CCCC1. The summed E-state index contributed by atoms with van der Waals surface area (Å²) < 4.78 is 21.2. The average molecular weight is 465 g/mol. The van der Waals surface area contributed by atoms with E-state index in [0.29, 0.717) is 11.4 Å². The summed E-state index contributed by atoms with van der Waals surface area (Å²) in [6, 6.07) is 10.7. The Balaban J connectivity index is 1.28. The van der Waals surface area contributed by atoms with Gasteiger partial charge in [-0.2, -0.15) is 0 Å². The molecule has 0 atom stereocenters. The van der Waals surface area contributed by atoms with E-state index in [0.717, 1.165) is 57.2 Å². The summed E-state index contributed by atoms with van der Waals surface area (Å²) in [5.74, 6) is 0.857. The van der Waals surface area contributed by atoms with Crippen LogP contribution in [0.15, 0.2) is 36.4 Å². The molecule has 0 saturated carbocycles. The van der Waals surface area contributed by atoms with Crippen molar-refractivity contribution >= 4 is 33.5 Å². The number of hydrogen-bond acceptors (Lipinski definition) is 5. The van der Waals surface area contributed by atoms with Gasteiger partial charge in [0.05, 0.1) is 16.7 Å². The highest BCUT2D eigenvalue weighted by atomic mass is 32.1. The zero-order valence-electron chi connectivity index (χ0n) is 18.7. The predicted octanol–water partition coefficient (Wildman–Crippen LogP) is 6.25. The largest absolute Gasteiger partial charge is 0.444 e. The molecule has 3 heterocycles. The predicted molar refractivity (Wildman–Crippen MR) is 128 cm³/mol. The number of rotatable bonds is 5. The number of aromatic nitrogens is 3. The number of anilines is 1. The first kappa shape index (κ1) is 21.6. The molecule has 1 amide bonds. The lowest BCUT2D eigenvalue weighted by Crippen LogP contribution is -2.13. The molecule has 170 valence electrons. The van der Waals surface area contributed by atoms with Gasteiger partial charge in [-0.3, -0.25) is 5.32 Å². The van der Waals surface area contributed by atoms with Crippen LogP contribution < -0.4 is 5.32 Å². The molecule has 1 aliphatic rings. The van der Waals surface area contributed by atoms with Gasteiger partial charge in [-0.1, -0.05) is 24.3 Å². The third-order valence-electron chi connectivity index (χ3n) is 5.96. The van der Waals surface area contributed by atoms with E-state index in [1.807, 2.05) is 26.0 Å². The van der Waals surface area contributed by atoms with Crippen LogP contribution >= 0.6 is 11.3 Å². The highest BCUT2D eigenvalue weighted by Crippen LogP contribution is 2.34. The van der Waals surface area contributed by atoms with Gasteiger partial charge in [0.15, 0.2) is 0 Å². The second kappa shape index (κ2) is 8.94. The minimum atomic E-state index is -0.528. The fourth-order valence-corrected chi connectivity index (χ4v) is 5.39. The lowest BCUT2D eigenvalue weighted by molar-refractivity contribution is 0.155. The molecule has 5 rings (SSSR count). The Bertz CT molecular complexity index is 1340. The minimum Gasteiger partial charge on any atom is -0.444 e. The second-order valence-electron chi connectivity index (χ2n) is 8.27. The van der Waals surface area contributed by atoms with E-state index < -0.39 is 6.09 Å². The van der Waals surface area contributed by atoms with Crippen LogP contribution in [0.3, 0.4) is 0 Å². The van der Waals surface area contributed by atoms with Crippen LogP contribution in [0.25, 0.3) is 21.6 Å². The van der Waals surface area contributed by atoms with Crippen molar-refractivity contribution in [2.24, 2.45) is 0 Å². The number of imidazole rings is 1. The number of amides is 1. The van der Waals surface area contributed by atoms with Gasteiger partial charge in [-0.15, -0.1) is 0 Å². The number of aryl methyl sites for hydroxylation is 4. The van der Waals surface area contributed by atoms with Crippen molar-refractivity contribution in [1.29, 1.82) is 0 Å². The summed E-state index contributed by atoms with van der Waals surface area (Å²) in [4.78, 5) is 21.9.